The predicted molar refractivity (Wildman–Crippen MR) is 77.5 cm³/mol. The molecule has 18 heavy (non-hydrogen) atoms. The van der Waals surface area contributed by atoms with Gasteiger partial charge in [-0.25, -0.2) is 0 Å². The first-order valence-electron chi connectivity index (χ1n) is 6.34. The van der Waals surface area contributed by atoms with Gasteiger partial charge in [-0.2, -0.15) is 0 Å². The van der Waals surface area contributed by atoms with Crippen LogP contribution in [0, 0.1) is 0 Å². The Kier molecular flexibility index (Phi) is 5.51. The lowest BCUT2D eigenvalue weighted by atomic mass is 10.0. The SMILES string of the molecule is COCCC(CO)NC1C[C@H](C)Sc2sccc21. The second-order valence-corrected chi connectivity index (χ2v) is 7.33. The molecule has 0 amide bonds. The van der Waals surface area contributed by atoms with Gasteiger partial charge in [-0.3, -0.25) is 0 Å². The number of ether oxygens (including phenoxy) is 1. The van der Waals surface area contributed by atoms with Crippen LogP contribution < -0.4 is 5.32 Å². The average molecular weight is 287 g/mol. The summed E-state index contributed by atoms with van der Waals surface area (Å²) in [7, 11) is 1.70. The normalized spacial score (nSPS) is 24.8. The highest BCUT2D eigenvalue weighted by Gasteiger charge is 2.27. The predicted octanol–water partition coefficient (Wildman–Crippen LogP) is 2.66. The van der Waals surface area contributed by atoms with Gasteiger partial charge in [-0.15, -0.1) is 23.1 Å². The molecule has 0 saturated heterocycles. The van der Waals surface area contributed by atoms with E-state index in [9.17, 15) is 5.11 Å². The van der Waals surface area contributed by atoms with E-state index >= 15 is 0 Å². The third-order valence-electron chi connectivity index (χ3n) is 3.24. The summed E-state index contributed by atoms with van der Waals surface area (Å²) >= 11 is 3.79. The van der Waals surface area contributed by atoms with Crippen molar-refractivity contribution in [2.75, 3.05) is 20.3 Å². The van der Waals surface area contributed by atoms with Gasteiger partial charge in [0.15, 0.2) is 0 Å². The Morgan fingerprint density at radius 1 is 1.61 bits per heavy atom. The van der Waals surface area contributed by atoms with Crippen LogP contribution in [0.4, 0.5) is 0 Å². The van der Waals surface area contributed by atoms with Crippen molar-refractivity contribution in [3.8, 4) is 0 Å². The van der Waals surface area contributed by atoms with Crippen molar-refractivity contribution in [3.63, 3.8) is 0 Å². The summed E-state index contributed by atoms with van der Waals surface area (Å²) in [6.07, 6.45) is 1.97. The molecule has 1 aromatic rings. The summed E-state index contributed by atoms with van der Waals surface area (Å²) in [6, 6.07) is 2.70. The highest BCUT2D eigenvalue weighted by molar-refractivity contribution is 8.01. The molecule has 2 N–H and O–H groups in total. The molecule has 2 rings (SSSR count). The third kappa shape index (κ3) is 3.48. The second kappa shape index (κ2) is 6.91. The molecule has 2 heterocycles. The number of aliphatic hydroxyl groups is 1. The molecule has 1 aromatic heterocycles. The minimum atomic E-state index is 0.123. The van der Waals surface area contributed by atoms with Gasteiger partial charge in [0, 0.05) is 31.1 Å². The summed E-state index contributed by atoms with van der Waals surface area (Å²) in [5.41, 5.74) is 1.40. The molecule has 0 aromatic carbocycles. The summed E-state index contributed by atoms with van der Waals surface area (Å²) < 4.78 is 6.51. The van der Waals surface area contributed by atoms with Gasteiger partial charge in [0.1, 0.15) is 0 Å². The zero-order valence-electron chi connectivity index (χ0n) is 10.9. The van der Waals surface area contributed by atoms with Crippen LogP contribution in [0.5, 0.6) is 0 Å². The topological polar surface area (TPSA) is 41.5 Å². The lowest BCUT2D eigenvalue weighted by Gasteiger charge is -2.30. The van der Waals surface area contributed by atoms with Gasteiger partial charge < -0.3 is 15.2 Å². The number of hydrogen-bond acceptors (Lipinski definition) is 5. The Hall–Kier alpha value is -0.0700. The molecule has 0 fully saturated rings. The van der Waals surface area contributed by atoms with Crippen molar-refractivity contribution in [1.82, 2.24) is 5.32 Å². The molecule has 3 nitrogen and oxygen atoms in total. The maximum absolute atomic E-state index is 9.43. The van der Waals surface area contributed by atoms with Gasteiger partial charge in [-0.05, 0) is 29.9 Å². The zero-order valence-corrected chi connectivity index (χ0v) is 12.5. The number of aliphatic hydroxyl groups excluding tert-OH is 1. The lowest BCUT2D eigenvalue weighted by Crippen LogP contribution is -2.38. The Morgan fingerprint density at radius 3 is 3.17 bits per heavy atom. The molecule has 0 bridgehead atoms. The maximum Gasteiger partial charge on any atom is 0.0649 e. The van der Waals surface area contributed by atoms with E-state index in [1.54, 1.807) is 7.11 Å². The largest absolute Gasteiger partial charge is 0.395 e. The van der Waals surface area contributed by atoms with E-state index in [1.165, 1.54) is 9.77 Å². The van der Waals surface area contributed by atoms with E-state index in [0.29, 0.717) is 17.9 Å². The quantitative estimate of drug-likeness (QED) is 0.844. The second-order valence-electron chi connectivity index (χ2n) is 4.71. The van der Waals surface area contributed by atoms with E-state index in [2.05, 4.69) is 23.7 Å². The minimum absolute atomic E-state index is 0.123. The zero-order chi connectivity index (χ0) is 13.0. The van der Waals surface area contributed by atoms with E-state index < -0.39 is 0 Å². The number of rotatable bonds is 6. The Balaban J connectivity index is 2.00. The third-order valence-corrected chi connectivity index (χ3v) is 5.58. The van der Waals surface area contributed by atoms with Crippen LogP contribution in [0.1, 0.15) is 31.4 Å². The molecular formula is C13H21NO2S2. The Morgan fingerprint density at radius 2 is 2.44 bits per heavy atom. The molecule has 0 radical (unpaired) electrons. The Bertz CT molecular complexity index is 370. The van der Waals surface area contributed by atoms with Gasteiger partial charge in [0.25, 0.3) is 0 Å². The molecular weight excluding hydrogens is 266 g/mol. The maximum atomic E-state index is 9.43. The van der Waals surface area contributed by atoms with E-state index in [-0.39, 0.29) is 12.6 Å². The molecule has 3 atom stereocenters. The lowest BCUT2D eigenvalue weighted by molar-refractivity contribution is 0.153. The number of nitrogens with one attached hydrogen (secondary N) is 1. The molecule has 1 aliphatic heterocycles. The smallest absolute Gasteiger partial charge is 0.0649 e. The molecule has 1 aliphatic rings. The van der Waals surface area contributed by atoms with Crippen molar-refractivity contribution in [2.45, 2.75) is 41.3 Å². The van der Waals surface area contributed by atoms with Crippen LogP contribution in [0.2, 0.25) is 0 Å². The van der Waals surface area contributed by atoms with E-state index in [0.717, 1.165) is 12.8 Å². The average Bonchev–Trinajstić information content (AvgIpc) is 2.82. The molecule has 102 valence electrons. The number of hydrogen-bond donors (Lipinski definition) is 2. The Labute approximate surface area is 117 Å². The number of methoxy groups -OCH3 is 1. The van der Waals surface area contributed by atoms with Crippen LogP contribution >= 0.6 is 23.1 Å². The first kappa shape index (κ1) is 14.3. The summed E-state index contributed by atoms with van der Waals surface area (Å²) in [4.78, 5) is 0. The van der Waals surface area contributed by atoms with Gasteiger partial charge in [0.2, 0.25) is 0 Å². The van der Waals surface area contributed by atoms with E-state index in [1.807, 2.05) is 23.1 Å². The van der Waals surface area contributed by atoms with Crippen LogP contribution in [-0.2, 0) is 4.74 Å². The highest BCUT2D eigenvalue weighted by Crippen LogP contribution is 2.43. The van der Waals surface area contributed by atoms with Crippen LogP contribution in [0.3, 0.4) is 0 Å². The molecule has 2 unspecified atom stereocenters. The van der Waals surface area contributed by atoms with Crippen LogP contribution in [0.25, 0.3) is 0 Å². The van der Waals surface area contributed by atoms with Crippen molar-refractivity contribution in [1.29, 1.82) is 0 Å². The number of fused-ring (bicyclic) bond motifs is 1. The van der Waals surface area contributed by atoms with Crippen molar-refractivity contribution < 1.29 is 9.84 Å². The van der Waals surface area contributed by atoms with Gasteiger partial charge in [0.05, 0.1) is 10.8 Å². The molecule has 0 aliphatic carbocycles. The number of thiophene rings is 1. The van der Waals surface area contributed by atoms with Gasteiger partial charge in [-0.1, -0.05) is 6.92 Å². The fourth-order valence-electron chi connectivity index (χ4n) is 2.28. The first-order valence-corrected chi connectivity index (χ1v) is 8.10. The number of thioether (sulfide) groups is 1. The highest BCUT2D eigenvalue weighted by atomic mass is 32.2. The summed E-state index contributed by atoms with van der Waals surface area (Å²) in [6.45, 7) is 3.12. The fraction of sp³-hybridized carbons (Fsp3) is 0.692. The van der Waals surface area contributed by atoms with Crippen molar-refractivity contribution >= 4 is 23.1 Å². The summed E-state index contributed by atoms with van der Waals surface area (Å²) in [5.74, 6) is 0. The van der Waals surface area contributed by atoms with E-state index in [4.69, 9.17) is 4.74 Å². The van der Waals surface area contributed by atoms with Crippen LogP contribution in [-0.4, -0.2) is 36.7 Å². The fourth-order valence-corrected chi connectivity index (χ4v) is 4.85. The van der Waals surface area contributed by atoms with Crippen molar-refractivity contribution in [3.05, 3.63) is 17.0 Å². The molecule has 0 saturated carbocycles. The van der Waals surface area contributed by atoms with Crippen molar-refractivity contribution in [2.24, 2.45) is 0 Å². The minimum Gasteiger partial charge on any atom is -0.395 e. The summed E-state index contributed by atoms with van der Waals surface area (Å²) in [5, 5.41) is 15.8. The van der Waals surface area contributed by atoms with Gasteiger partial charge >= 0.3 is 0 Å². The molecule has 5 heteroatoms. The molecule has 0 spiro atoms. The standard InChI is InChI=1S/C13H21NO2S2/c1-9-7-12(11-4-6-17-13(11)18-9)14-10(8-15)3-5-16-2/h4,6,9-10,12,14-15H,3,5,7-8H2,1-2H3/t9-,10?,12?/m0/s1. The first-order chi connectivity index (χ1) is 8.74. The monoisotopic (exact) mass is 287 g/mol. The van der Waals surface area contributed by atoms with Crippen LogP contribution in [0.15, 0.2) is 15.7 Å².